The topological polar surface area (TPSA) is 175 Å². The molecule has 8 atom stereocenters. The van der Waals surface area contributed by atoms with E-state index in [1.807, 2.05) is 6.08 Å². The second kappa shape index (κ2) is 63.3. The van der Waals surface area contributed by atoms with E-state index in [1.165, 1.54) is 199 Å². The van der Waals surface area contributed by atoms with E-state index >= 15 is 0 Å². The fourth-order valence-electron chi connectivity index (χ4n) is 11.3. The van der Waals surface area contributed by atoms with Crippen molar-refractivity contribution >= 4 is 11.9 Å². The molecule has 1 amide bonds. The lowest BCUT2D eigenvalue weighted by Gasteiger charge is -2.41. The monoisotopic (exact) mass is 1220 g/mol. The summed E-state index contributed by atoms with van der Waals surface area (Å²) >= 11 is 0. The van der Waals surface area contributed by atoms with Crippen molar-refractivity contribution < 1.29 is 49.3 Å². The highest BCUT2D eigenvalue weighted by Gasteiger charge is 2.47. The maximum Gasteiger partial charge on any atom is 0.306 e. The molecule has 1 aliphatic heterocycles. The summed E-state index contributed by atoms with van der Waals surface area (Å²) in [6.45, 7) is 5.79. The zero-order chi connectivity index (χ0) is 63.1. The SMILES string of the molecule is CCCCC/C=C\C/C=C\C/C=C\C/C=C\CCCCCCCCCCCC(=O)OC1C(OCC(NC(=O)C(O)CCCCCCCCCCCCCC/C=C/CCCCCCCC)C(O)/C=C/CCCCCCCCCCC)OC(CO)C(O)C1O. The van der Waals surface area contributed by atoms with Gasteiger partial charge >= 0.3 is 5.97 Å². The molecule has 0 aromatic rings. The highest BCUT2D eigenvalue weighted by atomic mass is 16.7. The number of hydrogen-bond donors (Lipinski definition) is 6. The fraction of sp³-hybridized carbons (Fsp3) is 0.816. The van der Waals surface area contributed by atoms with Gasteiger partial charge in [-0.2, -0.15) is 0 Å². The Balaban J connectivity index is 2.54. The number of esters is 1. The summed E-state index contributed by atoms with van der Waals surface area (Å²) in [5.74, 6) is -1.19. The van der Waals surface area contributed by atoms with Gasteiger partial charge in [-0.05, 0) is 96.3 Å². The lowest BCUT2D eigenvalue weighted by atomic mass is 9.99. The maximum absolute atomic E-state index is 13.5. The van der Waals surface area contributed by atoms with Crippen LogP contribution in [0.25, 0.3) is 0 Å². The van der Waals surface area contributed by atoms with E-state index in [2.05, 4.69) is 86.8 Å². The zero-order valence-electron chi connectivity index (χ0n) is 56.4. The molecular weight excluding hydrogens is 1090 g/mol. The van der Waals surface area contributed by atoms with Crippen LogP contribution in [0.2, 0.25) is 0 Å². The Labute approximate surface area is 534 Å². The number of carbonyl (C=O) groups excluding carboxylic acids is 2. The number of nitrogens with one attached hydrogen (secondary N) is 1. The van der Waals surface area contributed by atoms with Gasteiger partial charge in [0.15, 0.2) is 12.4 Å². The molecular formula is C76H137NO10. The van der Waals surface area contributed by atoms with Crippen LogP contribution in [0, 0.1) is 0 Å². The Morgan fingerprint density at radius 3 is 1.22 bits per heavy atom. The number of carbonyl (C=O) groups is 2. The lowest BCUT2D eigenvalue weighted by Crippen LogP contribution is -2.61. The Kier molecular flexibility index (Phi) is 59.7. The molecule has 87 heavy (non-hydrogen) atoms. The summed E-state index contributed by atoms with van der Waals surface area (Å²) in [6.07, 6.45) is 72.3. The highest BCUT2D eigenvalue weighted by Crippen LogP contribution is 2.26. The maximum atomic E-state index is 13.5. The van der Waals surface area contributed by atoms with Crippen LogP contribution in [-0.2, 0) is 23.8 Å². The number of amides is 1. The minimum absolute atomic E-state index is 0.115. The van der Waals surface area contributed by atoms with Crippen molar-refractivity contribution in [3.8, 4) is 0 Å². The molecule has 1 saturated heterocycles. The van der Waals surface area contributed by atoms with Crippen molar-refractivity contribution in [2.45, 2.75) is 384 Å². The average molecular weight is 1220 g/mol. The van der Waals surface area contributed by atoms with Gasteiger partial charge < -0.3 is 45.1 Å². The molecule has 11 heteroatoms. The van der Waals surface area contributed by atoms with Gasteiger partial charge in [0.05, 0.1) is 25.4 Å². The Morgan fingerprint density at radius 1 is 0.448 bits per heavy atom. The summed E-state index contributed by atoms with van der Waals surface area (Å²) in [6, 6.07) is -1.03. The highest BCUT2D eigenvalue weighted by molar-refractivity contribution is 5.80. The van der Waals surface area contributed by atoms with Crippen LogP contribution in [-0.4, -0.2) is 99.6 Å². The van der Waals surface area contributed by atoms with Crippen LogP contribution < -0.4 is 5.32 Å². The first-order chi connectivity index (χ1) is 42.7. The van der Waals surface area contributed by atoms with Gasteiger partial charge in [-0.1, -0.05) is 306 Å². The second-order valence-corrected chi connectivity index (χ2v) is 25.3. The van der Waals surface area contributed by atoms with E-state index in [9.17, 15) is 35.1 Å². The van der Waals surface area contributed by atoms with Crippen molar-refractivity contribution in [3.63, 3.8) is 0 Å². The van der Waals surface area contributed by atoms with Crippen LogP contribution in [0.15, 0.2) is 72.9 Å². The van der Waals surface area contributed by atoms with E-state index in [1.54, 1.807) is 6.08 Å². The standard InChI is InChI=1S/C76H137NO10/c1-4-7-10-13-16-19-22-24-26-28-30-32-34-35-36-38-40-42-44-46-49-52-55-58-61-64-71(81)87-74-73(83)72(82)70(65-78)86-76(74)85-66-67(68(79)62-59-56-53-50-47-21-18-15-12-9-6-3)77-75(84)69(80)63-60-57-54-51-48-45-43-41-39-37-33-31-29-27-25-23-20-17-14-11-8-5-2/h16,19,24-27,30,32,35-36,59,62,67-70,72-74,76,78-80,82-83H,4-15,17-18,20-23,28-29,31,33-34,37-58,60-61,63-66H2,1-3H3,(H,77,84)/b19-16-,26-24-,27-25+,32-30-,36-35-,62-59+. The van der Waals surface area contributed by atoms with E-state index in [0.717, 1.165) is 89.9 Å². The zero-order valence-corrected chi connectivity index (χ0v) is 56.4. The number of aliphatic hydroxyl groups excluding tert-OH is 5. The number of rotatable bonds is 63. The molecule has 6 N–H and O–H groups in total. The van der Waals surface area contributed by atoms with Crippen molar-refractivity contribution in [2.24, 2.45) is 0 Å². The fourth-order valence-corrected chi connectivity index (χ4v) is 11.3. The first-order valence-electron chi connectivity index (χ1n) is 36.7. The van der Waals surface area contributed by atoms with Gasteiger partial charge in [0.1, 0.15) is 24.4 Å². The number of allylic oxidation sites excluding steroid dienone is 11. The molecule has 0 spiro atoms. The third kappa shape index (κ3) is 50.4. The van der Waals surface area contributed by atoms with Gasteiger partial charge in [0, 0.05) is 6.42 Å². The Bertz CT molecular complexity index is 1690. The van der Waals surface area contributed by atoms with Crippen molar-refractivity contribution in [1.29, 1.82) is 0 Å². The number of aliphatic hydroxyl groups is 5. The van der Waals surface area contributed by atoms with Crippen LogP contribution in [0.4, 0.5) is 0 Å². The number of ether oxygens (including phenoxy) is 3. The lowest BCUT2D eigenvalue weighted by molar-refractivity contribution is -0.305. The van der Waals surface area contributed by atoms with E-state index in [0.29, 0.717) is 19.3 Å². The number of unbranched alkanes of at least 4 members (excludes halogenated alkanes) is 39. The van der Waals surface area contributed by atoms with Crippen molar-refractivity contribution in [2.75, 3.05) is 13.2 Å². The molecule has 1 aliphatic rings. The smallest absolute Gasteiger partial charge is 0.306 e. The predicted molar refractivity (Wildman–Crippen MR) is 366 cm³/mol. The van der Waals surface area contributed by atoms with Crippen LogP contribution in [0.3, 0.4) is 0 Å². The molecule has 1 heterocycles. The van der Waals surface area contributed by atoms with Gasteiger partial charge in [-0.3, -0.25) is 9.59 Å². The molecule has 506 valence electrons. The van der Waals surface area contributed by atoms with Crippen molar-refractivity contribution in [1.82, 2.24) is 5.32 Å². The average Bonchev–Trinajstić information content (AvgIpc) is 3.12. The second-order valence-electron chi connectivity index (χ2n) is 25.3. The third-order valence-electron chi connectivity index (χ3n) is 17.1. The summed E-state index contributed by atoms with van der Waals surface area (Å²) in [4.78, 5) is 26.7. The summed E-state index contributed by atoms with van der Waals surface area (Å²) in [5.41, 5.74) is 0. The van der Waals surface area contributed by atoms with E-state index in [-0.39, 0.29) is 13.0 Å². The third-order valence-corrected chi connectivity index (χ3v) is 17.1. The normalized spacial score (nSPS) is 18.6. The summed E-state index contributed by atoms with van der Waals surface area (Å²) in [5, 5.41) is 57.3. The van der Waals surface area contributed by atoms with Gasteiger partial charge in [0.25, 0.3) is 0 Å². The van der Waals surface area contributed by atoms with Crippen LogP contribution in [0.5, 0.6) is 0 Å². The first-order valence-corrected chi connectivity index (χ1v) is 36.7. The Morgan fingerprint density at radius 2 is 0.793 bits per heavy atom. The minimum atomic E-state index is -1.62. The van der Waals surface area contributed by atoms with Crippen molar-refractivity contribution in [3.05, 3.63) is 72.9 Å². The van der Waals surface area contributed by atoms with Gasteiger partial charge in [0.2, 0.25) is 5.91 Å². The minimum Gasteiger partial charge on any atom is -0.454 e. The number of hydrogen-bond acceptors (Lipinski definition) is 10. The van der Waals surface area contributed by atoms with E-state index < -0.39 is 67.4 Å². The molecule has 8 unspecified atom stereocenters. The van der Waals surface area contributed by atoms with Gasteiger partial charge in [-0.15, -0.1) is 0 Å². The van der Waals surface area contributed by atoms with E-state index in [4.69, 9.17) is 14.2 Å². The first kappa shape index (κ1) is 82.1. The molecule has 0 radical (unpaired) electrons. The molecule has 1 fully saturated rings. The Hall–Kier alpha value is -2.90. The molecule has 0 bridgehead atoms. The van der Waals surface area contributed by atoms with Crippen LogP contribution in [0.1, 0.15) is 335 Å². The summed E-state index contributed by atoms with van der Waals surface area (Å²) in [7, 11) is 0. The molecule has 0 aliphatic carbocycles. The molecule has 0 aromatic carbocycles. The predicted octanol–water partition coefficient (Wildman–Crippen LogP) is 19.1. The van der Waals surface area contributed by atoms with Crippen LogP contribution >= 0.6 is 0 Å². The molecule has 0 aromatic heterocycles. The quantitative estimate of drug-likeness (QED) is 0.0195. The summed E-state index contributed by atoms with van der Waals surface area (Å²) < 4.78 is 17.7. The van der Waals surface area contributed by atoms with Gasteiger partial charge in [-0.25, -0.2) is 0 Å². The molecule has 0 saturated carbocycles. The largest absolute Gasteiger partial charge is 0.454 e. The molecule has 11 nitrogen and oxygen atoms in total. The molecule has 1 rings (SSSR count).